The monoisotopic (exact) mass is 182 g/mol. The Balaban J connectivity index is 2.96. The van der Waals surface area contributed by atoms with E-state index in [1.807, 2.05) is 25.1 Å². The van der Waals surface area contributed by atoms with Crippen molar-refractivity contribution in [2.45, 2.75) is 19.2 Å². The zero-order valence-corrected chi connectivity index (χ0v) is 7.93. The molecule has 0 aliphatic heterocycles. The number of carbonyl (C=O) groups is 1. The zero-order chi connectivity index (χ0) is 9.14. The summed E-state index contributed by atoms with van der Waals surface area (Å²) in [5.74, 6) is -0.0135. The second-order valence-corrected chi connectivity index (χ2v) is 3.50. The number of carbonyl (C=O) groups excluding carboxylic acids is 1. The van der Waals surface area contributed by atoms with Crippen LogP contribution in [0.15, 0.2) is 24.3 Å². The van der Waals surface area contributed by atoms with Gasteiger partial charge in [-0.05, 0) is 19.9 Å². The van der Waals surface area contributed by atoms with Crippen LogP contribution < -0.4 is 0 Å². The number of aryl methyl sites for hydroxylation is 1. The van der Waals surface area contributed by atoms with E-state index >= 15 is 0 Å². The first-order valence-electron chi connectivity index (χ1n) is 3.86. The van der Waals surface area contributed by atoms with Crippen LogP contribution in [0.3, 0.4) is 0 Å². The number of Topliss-reactive ketones (excluding diaryl/α,β-unsaturated/α-hetero) is 1. The van der Waals surface area contributed by atoms with Crippen LogP contribution in [0.1, 0.15) is 22.8 Å². The fourth-order valence-electron chi connectivity index (χ4n) is 1.03. The summed E-state index contributed by atoms with van der Waals surface area (Å²) in [5.41, 5.74) is 1.77. The molecule has 0 amide bonds. The predicted molar refractivity (Wildman–Crippen MR) is 50.8 cm³/mol. The molecule has 0 spiro atoms. The number of rotatable bonds is 2. The lowest BCUT2D eigenvalue weighted by Gasteiger charge is -2.02. The Morgan fingerprint density at radius 2 is 2.17 bits per heavy atom. The number of alkyl halides is 1. The van der Waals surface area contributed by atoms with Crippen molar-refractivity contribution in [2.24, 2.45) is 0 Å². The third-order valence-corrected chi connectivity index (χ3v) is 1.86. The topological polar surface area (TPSA) is 17.1 Å². The molecule has 1 aromatic rings. The standard InChI is InChI=1S/C10H11ClO/c1-7-4-3-5-9(6-7)10(12)8(2)11/h3-6,8H,1-2H3. The molecule has 1 nitrogen and oxygen atoms in total. The number of halogens is 1. The molecular weight excluding hydrogens is 172 g/mol. The van der Waals surface area contributed by atoms with Crippen molar-refractivity contribution in [3.8, 4) is 0 Å². The van der Waals surface area contributed by atoms with Crippen molar-refractivity contribution in [1.29, 1.82) is 0 Å². The summed E-state index contributed by atoms with van der Waals surface area (Å²) in [6.45, 7) is 3.64. The Bertz CT molecular complexity index is 292. The highest BCUT2D eigenvalue weighted by Crippen LogP contribution is 2.09. The van der Waals surface area contributed by atoms with Crippen LogP contribution >= 0.6 is 11.6 Å². The third kappa shape index (κ3) is 2.08. The van der Waals surface area contributed by atoms with Gasteiger partial charge in [0.25, 0.3) is 0 Å². The normalized spacial score (nSPS) is 12.6. The molecule has 1 aromatic carbocycles. The summed E-state index contributed by atoms with van der Waals surface area (Å²) >= 11 is 5.67. The van der Waals surface area contributed by atoms with E-state index < -0.39 is 5.38 Å². The minimum atomic E-state index is -0.438. The second kappa shape index (κ2) is 3.72. The minimum absolute atomic E-state index is 0.0135. The van der Waals surface area contributed by atoms with Crippen molar-refractivity contribution < 1.29 is 4.79 Å². The molecule has 0 bridgehead atoms. The molecule has 0 saturated carbocycles. The van der Waals surface area contributed by atoms with Gasteiger partial charge < -0.3 is 0 Å². The van der Waals surface area contributed by atoms with Crippen molar-refractivity contribution in [3.05, 3.63) is 35.4 Å². The van der Waals surface area contributed by atoms with Gasteiger partial charge in [0, 0.05) is 5.56 Å². The average Bonchev–Trinajstić information content (AvgIpc) is 2.03. The second-order valence-electron chi connectivity index (χ2n) is 2.85. The SMILES string of the molecule is Cc1cccc(C(=O)C(C)Cl)c1. The maximum Gasteiger partial charge on any atom is 0.180 e. The lowest BCUT2D eigenvalue weighted by Crippen LogP contribution is -2.10. The summed E-state index contributed by atoms with van der Waals surface area (Å²) in [4.78, 5) is 11.4. The Morgan fingerprint density at radius 1 is 1.50 bits per heavy atom. The molecule has 1 atom stereocenters. The van der Waals surface area contributed by atoms with E-state index in [2.05, 4.69) is 0 Å². The molecule has 0 aliphatic rings. The first-order valence-corrected chi connectivity index (χ1v) is 4.30. The average molecular weight is 183 g/mol. The lowest BCUT2D eigenvalue weighted by molar-refractivity contribution is 0.0991. The Morgan fingerprint density at radius 3 is 2.67 bits per heavy atom. The maximum absolute atomic E-state index is 11.4. The Hall–Kier alpha value is -0.820. The summed E-state index contributed by atoms with van der Waals surface area (Å²) in [5, 5.41) is -0.438. The smallest absolute Gasteiger partial charge is 0.180 e. The van der Waals surface area contributed by atoms with E-state index in [1.54, 1.807) is 13.0 Å². The van der Waals surface area contributed by atoms with Crippen LogP contribution in [0.4, 0.5) is 0 Å². The van der Waals surface area contributed by atoms with Crippen LogP contribution in [-0.2, 0) is 0 Å². The number of hydrogen-bond acceptors (Lipinski definition) is 1. The van der Waals surface area contributed by atoms with E-state index in [1.165, 1.54) is 0 Å². The minimum Gasteiger partial charge on any atom is -0.293 e. The van der Waals surface area contributed by atoms with Crippen molar-refractivity contribution in [1.82, 2.24) is 0 Å². The summed E-state index contributed by atoms with van der Waals surface area (Å²) < 4.78 is 0. The zero-order valence-electron chi connectivity index (χ0n) is 7.17. The molecule has 0 aromatic heterocycles. The first kappa shape index (κ1) is 9.27. The molecular formula is C10H11ClO. The highest BCUT2D eigenvalue weighted by Gasteiger charge is 2.11. The molecule has 0 heterocycles. The molecule has 0 radical (unpaired) electrons. The maximum atomic E-state index is 11.4. The lowest BCUT2D eigenvalue weighted by atomic mass is 10.1. The van der Waals surface area contributed by atoms with Crippen LogP contribution in [0, 0.1) is 6.92 Å². The van der Waals surface area contributed by atoms with Gasteiger partial charge in [0.2, 0.25) is 0 Å². The largest absolute Gasteiger partial charge is 0.293 e. The van der Waals surface area contributed by atoms with Gasteiger partial charge in [-0.15, -0.1) is 11.6 Å². The van der Waals surface area contributed by atoms with Crippen LogP contribution in [0.25, 0.3) is 0 Å². The molecule has 0 N–H and O–H groups in total. The van der Waals surface area contributed by atoms with E-state index in [0.717, 1.165) is 5.56 Å². The highest BCUT2D eigenvalue weighted by molar-refractivity contribution is 6.33. The van der Waals surface area contributed by atoms with Gasteiger partial charge in [-0.25, -0.2) is 0 Å². The van der Waals surface area contributed by atoms with Gasteiger partial charge in [-0.2, -0.15) is 0 Å². The molecule has 12 heavy (non-hydrogen) atoms. The summed E-state index contributed by atoms with van der Waals surface area (Å²) in [6, 6.07) is 7.45. The highest BCUT2D eigenvalue weighted by atomic mass is 35.5. The van der Waals surface area contributed by atoms with Crippen molar-refractivity contribution in [2.75, 3.05) is 0 Å². The molecule has 1 unspecified atom stereocenters. The van der Waals surface area contributed by atoms with Crippen LogP contribution in [-0.4, -0.2) is 11.2 Å². The number of hydrogen-bond donors (Lipinski definition) is 0. The molecule has 2 heteroatoms. The molecule has 0 saturated heterocycles. The van der Waals surface area contributed by atoms with Gasteiger partial charge in [0.05, 0.1) is 5.38 Å². The first-order chi connectivity index (χ1) is 5.61. The molecule has 64 valence electrons. The fourth-order valence-corrected chi connectivity index (χ4v) is 1.15. The quantitative estimate of drug-likeness (QED) is 0.508. The summed E-state index contributed by atoms with van der Waals surface area (Å²) in [7, 11) is 0. The van der Waals surface area contributed by atoms with Gasteiger partial charge in [0.15, 0.2) is 5.78 Å². The molecule has 0 fully saturated rings. The van der Waals surface area contributed by atoms with Crippen molar-refractivity contribution >= 4 is 17.4 Å². The van der Waals surface area contributed by atoms with E-state index in [0.29, 0.717) is 5.56 Å². The predicted octanol–water partition coefficient (Wildman–Crippen LogP) is 2.81. The number of benzene rings is 1. The molecule has 1 rings (SSSR count). The van der Waals surface area contributed by atoms with Crippen LogP contribution in [0.2, 0.25) is 0 Å². The Kier molecular flexibility index (Phi) is 2.88. The molecule has 0 aliphatic carbocycles. The van der Waals surface area contributed by atoms with Crippen LogP contribution in [0.5, 0.6) is 0 Å². The van der Waals surface area contributed by atoms with Gasteiger partial charge in [-0.1, -0.05) is 23.8 Å². The Labute approximate surface area is 77.4 Å². The van der Waals surface area contributed by atoms with Crippen molar-refractivity contribution in [3.63, 3.8) is 0 Å². The van der Waals surface area contributed by atoms with E-state index in [-0.39, 0.29) is 5.78 Å². The third-order valence-electron chi connectivity index (χ3n) is 1.66. The number of ketones is 1. The van der Waals surface area contributed by atoms with Gasteiger partial charge >= 0.3 is 0 Å². The van der Waals surface area contributed by atoms with E-state index in [4.69, 9.17) is 11.6 Å². The van der Waals surface area contributed by atoms with Gasteiger partial charge in [0.1, 0.15) is 0 Å². The van der Waals surface area contributed by atoms with Gasteiger partial charge in [-0.3, -0.25) is 4.79 Å². The van der Waals surface area contributed by atoms with E-state index in [9.17, 15) is 4.79 Å². The summed E-state index contributed by atoms with van der Waals surface area (Å²) in [6.07, 6.45) is 0. The fraction of sp³-hybridized carbons (Fsp3) is 0.300.